The maximum Gasteiger partial charge on any atom is 1.00 e. The second kappa shape index (κ2) is 9.46. The molecule has 0 fully saturated rings. The molecule has 0 aliphatic rings. The Morgan fingerprint density at radius 1 is 1.50 bits per heavy atom. The van der Waals surface area contributed by atoms with E-state index in [0.717, 1.165) is 0 Å². The summed E-state index contributed by atoms with van der Waals surface area (Å²) in [4.78, 5) is 0. The molecular weight excluding hydrogens is 114 g/mol. The van der Waals surface area contributed by atoms with Crippen LogP contribution in [-0.4, -0.2) is 21.7 Å². The molecule has 0 rings (SSSR count). The Hall–Kier alpha value is 1.13. The largest absolute Gasteiger partial charge is 1.00 e. The van der Waals surface area contributed by atoms with Crippen LogP contribution in [0.5, 0.6) is 0 Å². The molecule has 0 atom stereocenters. The van der Waals surface area contributed by atoms with Gasteiger partial charge in [0.05, 0.1) is 0 Å². The smallest absolute Gasteiger partial charge is 1.00 e. The van der Waals surface area contributed by atoms with Gasteiger partial charge in [-0.15, -0.1) is 0 Å². The molecule has 3 nitrogen and oxygen atoms in total. The molecule has 0 unspecified atom stereocenters. The average molecular weight is 117 g/mol. The molecule has 31 valence electrons. The first-order valence-corrected chi connectivity index (χ1v) is 1.60. The molecule has 0 saturated heterocycles. The van der Waals surface area contributed by atoms with Crippen LogP contribution in [0.2, 0.25) is 0 Å². The molecule has 3 radical (unpaired) electrons. The predicted octanol–water partition coefficient (Wildman–Crippen LogP) is -3.58. The third kappa shape index (κ3) is 68.2. The maximum atomic E-state index is 8.67. The SMILES string of the molecule is O=S(O)O.[B].[H-].[Na+]. The van der Waals surface area contributed by atoms with Crippen LogP contribution in [0.4, 0.5) is 0 Å². The van der Waals surface area contributed by atoms with E-state index in [1.165, 1.54) is 0 Å². The van der Waals surface area contributed by atoms with E-state index in [9.17, 15) is 0 Å². The van der Waals surface area contributed by atoms with Gasteiger partial charge in [0.1, 0.15) is 0 Å². The van der Waals surface area contributed by atoms with Crippen molar-refractivity contribution in [2.45, 2.75) is 0 Å². The monoisotopic (exact) mass is 117 g/mol. The number of rotatable bonds is 0. The number of hydrogen-bond donors (Lipinski definition) is 2. The molecule has 0 amide bonds. The van der Waals surface area contributed by atoms with Crippen LogP contribution < -0.4 is 29.6 Å². The van der Waals surface area contributed by atoms with Crippen LogP contribution in [0, 0.1) is 0 Å². The van der Waals surface area contributed by atoms with Crippen LogP contribution in [0.1, 0.15) is 1.43 Å². The summed E-state index contributed by atoms with van der Waals surface area (Å²) in [6, 6.07) is 0. The van der Waals surface area contributed by atoms with Crippen LogP contribution >= 0.6 is 0 Å². The first-order valence-electron chi connectivity index (χ1n) is 0.532. The molecule has 0 heterocycles. The second-order valence-corrected chi connectivity index (χ2v) is 0.692. The van der Waals surface area contributed by atoms with Gasteiger partial charge in [-0.2, -0.15) is 4.21 Å². The molecule has 0 aromatic rings. The molecular formula is H3BNaO3S. The topological polar surface area (TPSA) is 57.5 Å². The van der Waals surface area contributed by atoms with Crippen molar-refractivity contribution in [3.63, 3.8) is 0 Å². The van der Waals surface area contributed by atoms with E-state index in [0.29, 0.717) is 0 Å². The van der Waals surface area contributed by atoms with Crippen LogP contribution in [0.25, 0.3) is 0 Å². The first kappa shape index (κ1) is 15.7. The minimum absolute atomic E-state index is 0. The first-order chi connectivity index (χ1) is 1.73. The molecule has 6 heteroatoms. The Labute approximate surface area is 64.0 Å². The van der Waals surface area contributed by atoms with E-state index in [1.807, 2.05) is 0 Å². The minimum Gasteiger partial charge on any atom is -1.00 e. The minimum atomic E-state index is -2.61. The summed E-state index contributed by atoms with van der Waals surface area (Å²) in [7, 11) is 0. The molecule has 2 N–H and O–H groups in total. The quantitative estimate of drug-likeness (QED) is 0.254. The summed E-state index contributed by atoms with van der Waals surface area (Å²) in [5, 5.41) is 0. The molecule has 0 aliphatic carbocycles. The van der Waals surface area contributed by atoms with Crippen molar-refractivity contribution >= 4 is 19.8 Å². The van der Waals surface area contributed by atoms with E-state index in [4.69, 9.17) is 13.3 Å². The second-order valence-electron chi connectivity index (χ2n) is 0.231. The summed E-state index contributed by atoms with van der Waals surface area (Å²) in [6.45, 7) is 0. The summed E-state index contributed by atoms with van der Waals surface area (Å²) in [5.41, 5.74) is 0. The van der Waals surface area contributed by atoms with Gasteiger partial charge in [-0.1, -0.05) is 0 Å². The van der Waals surface area contributed by atoms with Crippen molar-refractivity contribution in [1.82, 2.24) is 0 Å². The molecule has 6 heavy (non-hydrogen) atoms. The Bertz CT molecular complexity index is 37.9. The fourth-order valence-electron chi connectivity index (χ4n) is 0. The van der Waals surface area contributed by atoms with Crippen molar-refractivity contribution in [3.8, 4) is 0 Å². The Kier molecular flexibility index (Phi) is 24.8. The summed E-state index contributed by atoms with van der Waals surface area (Å²) < 4.78 is 22.8. The fraction of sp³-hybridized carbons (Fsp3) is 0. The van der Waals surface area contributed by atoms with E-state index in [2.05, 4.69) is 0 Å². The van der Waals surface area contributed by atoms with Crippen molar-refractivity contribution < 1.29 is 44.3 Å². The van der Waals surface area contributed by atoms with Gasteiger partial charge in [0.15, 0.2) is 0 Å². The van der Waals surface area contributed by atoms with Gasteiger partial charge in [-0.05, 0) is 0 Å². The molecule has 0 saturated carbocycles. The molecule has 0 aliphatic heterocycles. The van der Waals surface area contributed by atoms with Gasteiger partial charge in [-0.25, -0.2) is 0 Å². The maximum absolute atomic E-state index is 8.67. The van der Waals surface area contributed by atoms with Crippen molar-refractivity contribution in [1.29, 1.82) is 0 Å². The molecule has 0 aromatic heterocycles. The zero-order valence-electron chi connectivity index (χ0n) is 4.29. The molecule has 0 aromatic carbocycles. The van der Waals surface area contributed by atoms with Crippen LogP contribution in [0.3, 0.4) is 0 Å². The third-order valence-corrected chi connectivity index (χ3v) is 0. The number of hydrogen-bond acceptors (Lipinski definition) is 1. The fourth-order valence-corrected chi connectivity index (χ4v) is 0. The zero-order chi connectivity index (χ0) is 3.58. The van der Waals surface area contributed by atoms with Gasteiger partial charge in [0, 0.05) is 8.41 Å². The molecule has 0 bridgehead atoms. The Balaban J connectivity index is -0.0000000150. The van der Waals surface area contributed by atoms with Crippen LogP contribution in [-0.2, 0) is 11.4 Å². The van der Waals surface area contributed by atoms with E-state index < -0.39 is 11.4 Å². The van der Waals surface area contributed by atoms with Gasteiger partial charge in [-0.3, -0.25) is 9.11 Å². The van der Waals surface area contributed by atoms with Gasteiger partial charge >= 0.3 is 29.6 Å². The summed E-state index contributed by atoms with van der Waals surface area (Å²) in [6.07, 6.45) is 0. The van der Waals surface area contributed by atoms with Crippen molar-refractivity contribution in [2.75, 3.05) is 0 Å². The van der Waals surface area contributed by atoms with E-state index in [-0.39, 0.29) is 39.4 Å². The van der Waals surface area contributed by atoms with Gasteiger partial charge in [0.2, 0.25) is 0 Å². The standard InChI is InChI=1S/B.Na.H2O3S.H/c;;1-4(2)3;/h;;(H2,1,2,3);/q;+1;;-1. The Morgan fingerprint density at radius 3 is 1.50 bits per heavy atom. The van der Waals surface area contributed by atoms with E-state index >= 15 is 0 Å². The van der Waals surface area contributed by atoms with Gasteiger partial charge in [0.25, 0.3) is 11.4 Å². The predicted molar refractivity (Wildman–Crippen MR) is 20.3 cm³/mol. The van der Waals surface area contributed by atoms with Crippen molar-refractivity contribution in [3.05, 3.63) is 0 Å². The van der Waals surface area contributed by atoms with Gasteiger partial charge < -0.3 is 1.43 Å². The van der Waals surface area contributed by atoms with Crippen molar-refractivity contribution in [2.24, 2.45) is 0 Å². The summed E-state index contributed by atoms with van der Waals surface area (Å²) in [5.74, 6) is 0. The van der Waals surface area contributed by atoms with E-state index in [1.54, 1.807) is 0 Å². The third-order valence-electron chi connectivity index (χ3n) is 0. The summed E-state index contributed by atoms with van der Waals surface area (Å²) >= 11 is -2.61. The average Bonchev–Trinajstić information content (AvgIpc) is 0.811. The van der Waals surface area contributed by atoms with Crippen LogP contribution in [0.15, 0.2) is 0 Å². The molecule has 0 spiro atoms. The normalized spacial score (nSPS) is 5.83. The Morgan fingerprint density at radius 2 is 1.50 bits per heavy atom. The zero-order valence-corrected chi connectivity index (χ0v) is 6.10.